The fraction of sp³-hybridized carbons (Fsp3) is 1.00. The van der Waals surface area contributed by atoms with Gasteiger partial charge in [0.1, 0.15) is 6.10 Å². The molecular weight excluding hydrogens is 199 g/mol. The Morgan fingerprint density at radius 3 is 2.33 bits per heavy atom. The van der Waals surface area contributed by atoms with Gasteiger partial charge in [0, 0.05) is 0 Å². The molecule has 72 valence electrons. The number of rotatable bonds is 4. The molecule has 0 aromatic rings. The summed E-state index contributed by atoms with van der Waals surface area (Å²) in [4.78, 5) is 0. The summed E-state index contributed by atoms with van der Waals surface area (Å²) in [5.74, 6) is 0. The summed E-state index contributed by atoms with van der Waals surface area (Å²) in [5, 5.41) is 0. The zero-order chi connectivity index (χ0) is 9.78. The van der Waals surface area contributed by atoms with Crippen molar-refractivity contribution in [2.24, 2.45) is 0 Å². The summed E-state index contributed by atoms with van der Waals surface area (Å²) >= 11 is 5.15. The highest BCUT2D eigenvalue weighted by atomic mass is 35.7. The van der Waals surface area contributed by atoms with E-state index in [1.54, 1.807) is 6.92 Å². The van der Waals surface area contributed by atoms with E-state index in [0.717, 1.165) is 0 Å². The van der Waals surface area contributed by atoms with Gasteiger partial charge in [-0.15, -0.1) is 4.52 Å². The lowest BCUT2D eigenvalue weighted by molar-refractivity contribution is -0.0355. The van der Waals surface area contributed by atoms with Crippen molar-refractivity contribution in [1.82, 2.24) is 0 Å². The van der Waals surface area contributed by atoms with E-state index in [2.05, 4.69) is 0 Å². The van der Waals surface area contributed by atoms with Crippen LogP contribution >= 0.6 is 18.6 Å². The van der Waals surface area contributed by atoms with Gasteiger partial charge < -0.3 is 4.74 Å². The maximum atomic E-state index is 10.4. The molecule has 0 amide bonds. The largest absolute Gasteiger partial charge is 0.634 e. The van der Waals surface area contributed by atoms with Crippen LogP contribution in [0.3, 0.4) is 0 Å². The first kappa shape index (κ1) is 12.3. The summed E-state index contributed by atoms with van der Waals surface area (Å²) in [6, 6.07) is 0. The van der Waals surface area contributed by atoms with Crippen molar-refractivity contribution in [2.45, 2.75) is 39.4 Å². The maximum Gasteiger partial charge on any atom is 0.634 e. The van der Waals surface area contributed by atoms with E-state index in [1.165, 1.54) is 0 Å². The first-order valence-electron chi connectivity index (χ1n) is 3.75. The quantitative estimate of drug-likeness (QED) is 0.673. The molecule has 0 spiro atoms. The van der Waals surface area contributed by atoms with E-state index in [9.17, 15) is 4.57 Å². The molecule has 0 saturated carbocycles. The Morgan fingerprint density at radius 2 is 2.00 bits per heavy atom. The molecule has 0 aliphatic heterocycles. The minimum absolute atomic E-state index is 0.199. The standard InChI is InChI=1S/C7H15ClO3P/c1-6(11-12(8)9)5-10-7(2,3)4/h6H,5H2,1-4H3/q+1. The monoisotopic (exact) mass is 213 g/mol. The third-order valence-electron chi connectivity index (χ3n) is 1.01. The van der Waals surface area contributed by atoms with Crippen LogP contribution in [0.2, 0.25) is 0 Å². The SMILES string of the molecule is CC(COC(C)(C)C)O[P+](=O)Cl. The highest BCUT2D eigenvalue weighted by Gasteiger charge is 2.21. The van der Waals surface area contributed by atoms with E-state index in [-0.39, 0.29) is 11.7 Å². The van der Waals surface area contributed by atoms with Gasteiger partial charge in [0.15, 0.2) is 0 Å². The molecule has 0 heterocycles. The smallest absolute Gasteiger partial charge is 0.373 e. The van der Waals surface area contributed by atoms with E-state index in [1.807, 2.05) is 20.8 Å². The Morgan fingerprint density at radius 1 is 1.50 bits per heavy atom. The second-order valence-electron chi connectivity index (χ2n) is 3.55. The number of halogens is 1. The molecule has 0 aromatic heterocycles. The maximum absolute atomic E-state index is 10.4. The molecule has 0 radical (unpaired) electrons. The van der Waals surface area contributed by atoms with Crippen molar-refractivity contribution >= 4 is 18.6 Å². The summed E-state index contributed by atoms with van der Waals surface area (Å²) in [6.45, 7) is 8.00. The second kappa shape index (κ2) is 5.13. The summed E-state index contributed by atoms with van der Waals surface area (Å²) in [5.41, 5.74) is -0.199. The average Bonchev–Trinajstić information content (AvgIpc) is 1.80. The van der Waals surface area contributed by atoms with E-state index >= 15 is 0 Å². The van der Waals surface area contributed by atoms with Gasteiger partial charge in [0.2, 0.25) is 11.2 Å². The van der Waals surface area contributed by atoms with Crippen LogP contribution in [0.15, 0.2) is 0 Å². The molecule has 0 N–H and O–H groups in total. The Hall–Kier alpha value is 0.310. The Labute approximate surface area is 79.0 Å². The second-order valence-corrected chi connectivity index (χ2v) is 5.02. The lowest BCUT2D eigenvalue weighted by Gasteiger charge is -2.20. The average molecular weight is 214 g/mol. The third-order valence-corrected chi connectivity index (χ3v) is 1.78. The Balaban J connectivity index is 3.57. The van der Waals surface area contributed by atoms with Crippen molar-refractivity contribution in [3.05, 3.63) is 0 Å². The van der Waals surface area contributed by atoms with Gasteiger partial charge in [-0.05, 0) is 32.3 Å². The van der Waals surface area contributed by atoms with Crippen molar-refractivity contribution < 1.29 is 13.8 Å². The topological polar surface area (TPSA) is 35.5 Å². The first-order chi connectivity index (χ1) is 5.31. The summed E-state index contributed by atoms with van der Waals surface area (Å²) in [6.07, 6.45) is -0.231. The molecule has 3 nitrogen and oxygen atoms in total. The van der Waals surface area contributed by atoms with Crippen LogP contribution in [-0.4, -0.2) is 18.3 Å². The molecule has 2 atom stereocenters. The molecule has 2 unspecified atom stereocenters. The van der Waals surface area contributed by atoms with Crippen LogP contribution in [0.1, 0.15) is 27.7 Å². The molecule has 0 rings (SSSR count). The van der Waals surface area contributed by atoms with Gasteiger partial charge in [-0.3, -0.25) is 0 Å². The molecule has 0 aromatic carbocycles. The van der Waals surface area contributed by atoms with Crippen LogP contribution in [0.4, 0.5) is 0 Å². The zero-order valence-electron chi connectivity index (χ0n) is 7.83. The van der Waals surface area contributed by atoms with Crippen molar-refractivity contribution in [1.29, 1.82) is 0 Å². The van der Waals surface area contributed by atoms with Crippen molar-refractivity contribution in [2.75, 3.05) is 6.61 Å². The number of ether oxygens (including phenoxy) is 1. The lowest BCUT2D eigenvalue weighted by atomic mass is 10.2. The highest BCUT2D eigenvalue weighted by Crippen LogP contribution is 2.29. The Kier molecular flexibility index (Phi) is 5.26. The fourth-order valence-electron chi connectivity index (χ4n) is 0.539. The van der Waals surface area contributed by atoms with Gasteiger partial charge in [-0.25, -0.2) is 0 Å². The van der Waals surface area contributed by atoms with Crippen LogP contribution < -0.4 is 0 Å². The lowest BCUT2D eigenvalue weighted by Crippen LogP contribution is -2.25. The number of hydrogen-bond donors (Lipinski definition) is 0. The highest BCUT2D eigenvalue weighted by molar-refractivity contribution is 7.69. The molecule has 0 aliphatic rings. The van der Waals surface area contributed by atoms with Gasteiger partial charge in [0.25, 0.3) is 0 Å². The van der Waals surface area contributed by atoms with E-state index < -0.39 is 7.38 Å². The molecule has 12 heavy (non-hydrogen) atoms. The zero-order valence-corrected chi connectivity index (χ0v) is 9.48. The number of hydrogen-bond acceptors (Lipinski definition) is 3. The normalized spacial score (nSPS) is 15.9. The van der Waals surface area contributed by atoms with Crippen LogP contribution in [-0.2, 0) is 13.8 Å². The minimum atomic E-state index is -2.05. The van der Waals surface area contributed by atoms with Gasteiger partial charge in [-0.1, -0.05) is 0 Å². The molecule has 0 saturated heterocycles. The van der Waals surface area contributed by atoms with Gasteiger partial charge >= 0.3 is 7.38 Å². The predicted molar refractivity (Wildman–Crippen MR) is 49.7 cm³/mol. The fourth-order valence-corrected chi connectivity index (χ4v) is 1.29. The van der Waals surface area contributed by atoms with Crippen LogP contribution in [0, 0.1) is 0 Å². The first-order valence-corrected chi connectivity index (χ1v) is 5.83. The third kappa shape index (κ3) is 8.41. The molecule has 0 bridgehead atoms. The molecule has 0 fully saturated rings. The van der Waals surface area contributed by atoms with Crippen LogP contribution in [0.5, 0.6) is 0 Å². The van der Waals surface area contributed by atoms with Crippen molar-refractivity contribution in [3.63, 3.8) is 0 Å². The Bertz CT molecular complexity index is 155. The molecule has 0 aliphatic carbocycles. The van der Waals surface area contributed by atoms with Crippen LogP contribution in [0.25, 0.3) is 0 Å². The van der Waals surface area contributed by atoms with Crippen molar-refractivity contribution in [3.8, 4) is 0 Å². The predicted octanol–water partition coefficient (Wildman–Crippen LogP) is 3.10. The molecular formula is C7H15ClO3P+. The summed E-state index contributed by atoms with van der Waals surface area (Å²) < 4.78 is 20.6. The minimum Gasteiger partial charge on any atom is -0.373 e. The van der Waals surface area contributed by atoms with E-state index in [0.29, 0.717) is 6.61 Å². The summed E-state index contributed by atoms with van der Waals surface area (Å²) in [7, 11) is -2.05. The van der Waals surface area contributed by atoms with Gasteiger partial charge in [0.05, 0.1) is 12.2 Å². The van der Waals surface area contributed by atoms with Gasteiger partial charge in [-0.2, -0.15) is 0 Å². The van der Waals surface area contributed by atoms with E-state index in [4.69, 9.17) is 20.5 Å². The molecule has 5 heteroatoms.